The van der Waals surface area contributed by atoms with Crippen LogP contribution in [0, 0.1) is 0 Å². The molecule has 1 atom stereocenters. The lowest BCUT2D eigenvalue weighted by Gasteiger charge is -2.16. The van der Waals surface area contributed by atoms with Gasteiger partial charge in [-0.1, -0.05) is 22.0 Å². The van der Waals surface area contributed by atoms with Crippen molar-refractivity contribution in [2.24, 2.45) is 0 Å². The molecular formula is C16H16BrNO3. The Bertz CT molecular complexity index is 660. The molecule has 110 valence electrons. The van der Waals surface area contributed by atoms with Crippen LogP contribution in [0.25, 0.3) is 0 Å². The molecule has 0 fully saturated rings. The van der Waals surface area contributed by atoms with Crippen LogP contribution in [0.2, 0.25) is 0 Å². The Morgan fingerprint density at radius 1 is 1.05 bits per heavy atom. The number of aliphatic hydroxyl groups excluding tert-OH is 1. The first-order valence-electron chi connectivity index (χ1n) is 6.77. The van der Waals surface area contributed by atoms with E-state index in [-0.39, 0.29) is 0 Å². The second kappa shape index (κ2) is 5.95. The summed E-state index contributed by atoms with van der Waals surface area (Å²) >= 11 is 3.40. The van der Waals surface area contributed by atoms with E-state index in [9.17, 15) is 5.11 Å². The van der Waals surface area contributed by atoms with Crippen molar-refractivity contribution in [3.8, 4) is 11.5 Å². The van der Waals surface area contributed by atoms with E-state index in [0.29, 0.717) is 36.0 Å². The molecule has 2 aromatic carbocycles. The molecule has 1 aliphatic heterocycles. The molecule has 1 aliphatic rings. The average molecular weight is 350 g/mol. The van der Waals surface area contributed by atoms with Gasteiger partial charge in [0, 0.05) is 22.1 Å². The summed E-state index contributed by atoms with van der Waals surface area (Å²) in [6, 6.07) is 10.9. The molecule has 0 spiro atoms. The van der Waals surface area contributed by atoms with Gasteiger partial charge in [0.15, 0.2) is 11.5 Å². The van der Waals surface area contributed by atoms with Gasteiger partial charge in [0.1, 0.15) is 6.10 Å². The van der Waals surface area contributed by atoms with E-state index in [1.54, 1.807) is 6.07 Å². The maximum Gasteiger partial charge on any atom is 0.161 e. The lowest BCUT2D eigenvalue weighted by atomic mass is 9.99. The minimum atomic E-state index is -0.806. The Morgan fingerprint density at radius 2 is 1.81 bits per heavy atom. The molecule has 2 aromatic rings. The third-order valence-electron chi connectivity index (χ3n) is 3.43. The number of aliphatic hydroxyl groups is 1. The van der Waals surface area contributed by atoms with Crippen LogP contribution in [0.4, 0.5) is 5.69 Å². The van der Waals surface area contributed by atoms with Crippen molar-refractivity contribution in [3.63, 3.8) is 0 Å². The molecule has 1 unspecified atom stereocenters. The maximum atomic E-state index is 10.6. The first kappa shape index (κ1) is 14.2. The van der Waals surface area contributed by atoms with Crippen LogP contribution < -0.4 is 15.2 Å². The molecular weight excluding hydrogens is 334 g/mol. The number of hydrogen-bond donors (Lipinski definition) is 2. The van der Waals surface area contributed by atoms with Crippen LogP contribution >= 0.6 is 15.9 Å². The van der Waals surface area contributed by atoms with E-state index >= 15 is 0 Å². The molecule has 3 N–H and O–H groups in total. The summed E-state index contributed by atoms with van der Waals surface area (Å²) in [6.07, 6.45) is 0.0465. The fourth-order valence-electron chi connectivity index (χ4n) is 2.31. The smallest absolute Gasteiger partial charge is 0.161 e. The number of halogens is 1. The average Bonchev–Trinajstić information content (AvgIpc) is 2.73. The number of hydrogen-bond acceptors (Lipinski definition) is 4. The predicted molar refractivity (Wildman–Crippen MR) is 84.7 cm³/mol. The normalized spacial score (nSPS) is 15.3. The van der Waals surface area contributed by atoms with Crippen molar-refractivity contribution in [2.45, 2.75) is 12.5 Å². The molecule has 0 bridgehead atoms. The van der Waals surface area contributed by atoms with E-state index < -0.39 is 6.10 Å². The Morgan fingerprint density at radius 3 is 2.62 bits per heavy atom. The van der Waals surface area contributed by atoms with Gasteiger partial charge in [-0.25, -0.2) is 0 Å². The highest BCUT2D eigenvalue weighted by Gasteiger charge is 2.18. The summed E-state index contributed by atoms with van der Waals surface area (Å²) in [5, 5.41) is 10.6. The van der Waals surface area contributed by atoms with Crippen LogP contribution in [0.1, 0.15) is 23.7 Å². The number of fused-ring (bicyclic) bond motifs is 1. The van der Waals surface area contributed by atoms with Crippen LogP contribution in [-0.4, -0.2) is 18.3 Å². The van der Waals surface area contributed by atoms with Crippen LogP contribution in [0.15, 0.2) is 40.9 Å². The zero-order valence-corrected chi connectivity index (χ0v) is 13.0. The second-order valence-corrected chi connectivity index (χ2v) is 5.85. The largest absolute Gasteiger partial charge is 0.490 e. The summed E-state index contributed by atoms with van der Waals surface area (Å²) in [5.74, 6) is 1.38. The summed E-state index contributed by atoms with van der Waals surface area (Å²) in [6.45, 7) is 1.26. The van der Waals surface area contributed by atoms with Crippen LogP contribution in [-0.2, 0) is 0 Å². The van der Waals surface area contributed by atoms with Gasteiger partial charge in [0.25, 0.3) is 0 Å². The van der Waals surface area contributed by atoms with Gasteiger partial charge in [-0.05, 0) is 35.9 Å². The second-order valence-electron chi connectivity index (χ2n) is 4.93. The van der Waals surface area contributed by atoms with Gasteiger partial charge in [0.2, 0.25) is 0 Å². The zero-order valence-electron chi connectivity index (χ0n) is 11.4. The van der Waals surface area contributed by atoms with Crippen molar-refractivity contribution in [2.75, 3.05) is 18.9 Å². The van der Waals surface area contributed by atoms with Crippen molar-refractivity contribution in [1.82, 2.24) is 0 Å². The predicted octanol–water partition coefficient (Wildman–Crippen LogP) is 3.27. The fourth-order valence-corrected chi connectivity index (χ4v) is 2.69. The van der Waals surface area contributed by atoms with Crippen molar-refractivity contribution >= 4 is 21.6 Å². The van der Waals surface area contributed by atoms with Gasteiger partial charge < -0.3 is 20.3 Å². The Hall–Kier alpha value is -1.72. The van der Waals surface area contributed by atoms with Gasteiger partial charge in [0.05, 0.1) is 13.2 Å². The lowest BCUT2D eigenvalue weighted by Crippen LogP contribution is -2.04. The SMILES string of the molecule is Nc1ccc(Br)cc1C(O)c1ccc2c(c1)OCCCO2. The Labute approximate surface area is 131 Å². The molecule has 3 rings (SSSR count). The zero-order chi connectivity index (χ0) is 14.8. The summed E-state index contributed by atoms with van der Waals surface area (Å²) in [7, 11) is 0. The van der Waals surface area contributed by atoms with Crippen molar-refractivity contribution in [3.05, 3.63) is 52.0 Å². The van der Waals surface area contributed by atoms with E-state index in [1.807, 2.05) is 30.3 Å². The molecule has 0 aromatic heterocycles. The highest BCUT2D eigenvalue weighted by molar-refractivity contribution is 9.10. The van der Waals surface area contributed by atoms with Crippen molar-refractivity contribution in [1.29, 1.82) is 0 Å². The van der Waals surface area contributed by atoms with E-state index in [4.69, 9.17) is 15.2 Å². The van der Waals surface area contributed by atoms with Gasteiger partial charge >= 0.3 is 0 Å². The molecule has 0 radical (unpaired) electrons. The van der Waals surface area contributed by atoms with Gasteiger partial charge in [-0.3, -0.25) is 0 Å². The third kappa shape index (κ3) is 2.99. The monoisotopic (exact) mass is 349 g/mol. The Balaban J connectivity index is 1.96. The molecule has 0 saturated heterocycles. The number of ether oxygens (including phenoxy) is 2. The third-order valence-corrected chi connectivity index (χ3v) is 3.92. The molecule has 4 nitrogen and oxygen atoms in total. The van der Waals surface area contributed by atoms with Crippen LogP contribution in [0.3, 0.4) is 0 Å². The molecule has 1 heterocycles. The first-order valence-corrected chi connectivity index (χ1v) is 7.57. The summed E-state index contributed by atoms with van der Waals surface area (Å²) in [5.41, 5.74) is 7.90. The molecule has 0 aliphatic carbocycles. The fraction of sp³-hybridized carbons (Fsp3) is 0.250. The Kier molecular flexibility index (Phi) is 4.03. The lowest BCUT2D eigenvalue weighted by molar-refractivity contribution is 0.220. The van der Waals surface area contributed by atoms with E-state index in [1.165, 1.54) is 0 Å². The minimum absolute atomic E-state index is 0.554. The number of benzene rings is 2. The quantitative estimate of drug-likeness (QED) is 0.816. The van der Waals surface area contributed by atoms with E-state index in [0.717, 1.165) is 16.5 Å². The summed E-state index contributed by atoms with van der Waals surface area (Å²) in [4.78, 5) is 0. The molecule has 0 amide bonds. The summed E-state index contributed by atoms with van der Waals surface area (Å²) < 4.78 is 12.1. The topological polar surface area (TPSA) is 64.7 Å². The number of rotatable bonds is 2. The van der Waals surface area contributed by atoms with Crippen LogP contribution in [0.5, 0.6) is 11.5 Å². The van der Waals surface area contributed by atoms with Crippen molar-refractivity contribution < 1.29 is 14.6 Å². The molecule has 21 heavy (non-hydrogen) atoms. The van der Waals surface area contributed by atoms with Gasteiger partial charge in [-0.15, -0.1) is 0 Å². The van der Waals surface area contributed by atoms with E-state index in [2.05, 4.69) is 15.9 Å². The van der Waals surface area contributed by atoms with Gasteiger partial charge in [-0.2, -0.15) is 0 Å². The molecule has 5 heteroatoms. The number of anilines is 1. The highest BCUT2D eigenvalue weighted by atomic mass is 79.9. The number of nitrogen functional groups attached to an aromatic ring is 1. The first-order chi connectivity index (χ1) is 10.1. The standard InChI is InChI=1S/C16H16BrNO3/c17-11-3-4-13(18)12(9-11)16(19)10-2-5-14-15(8-10)21-7-1-6-20-14/h2-5,8-9,16,19H,1,6-7,18H2. The highest BCUT2D eigenvalue weighted by Crippen LogP contribution is 2.35. The number of nitrogens with two attached hydrogens (primary N) is 1. The maximum absolute atomic E-state index is 10.6. The minimum Gasteiger partial charge on any atom is -0.490 e. The molecule has 0 saturated carbocycles.